The molecule has 0 heterocycles. The van der Waals surface area contributed by atoms with Crippen LogP contribution in [0.25, 0.3) is 0 Å². The van der Waals surface area contributed by atoms with Crippen LogP contribution in [0.15, 0.2) is 16.6 Å². The smallest absolute Gasteiger partial charge is 0.137 e. The summed E-state index contributed by atoms with van der Waals surface area (Å²) in [5.41, 5.74) is 1.32. The van der Waals surface area contributed by atoms with Gasteiger partial charge in [0.2, 0.25) is 0 Å². The highest BCUT2D eigenvalue weighted by Crippen LogP contribution is 2.24. The first-order valence-electron chi connectivity index (χ1n) is 6.20. The van der Waals surface area contributed by atoms with Crippen LogP contribution in [0.5, 0.6) is 0 Å². The van der Waals surface area contributed by atoms with Crippen LogP contribution < -0.4 is 5.32 Å². The molecule has 0 fully saturated rings. The van der Waals surface area contributed by atoms with Crippen molar-refractivity contribution in [1.29, 1.82) is 0 Å². The number of aliphatic hydroxyl groups excluding tert-OH is 1. The van der Waals surface area contributed by atoms with Crippen LogP contribution >= 0.6 is 15.9 Å². The first-order chi connectivity index (χ1) is 8.69. The summed E-state index contributed by atoms with van der Waals surface area (Å²) < 4.78 is 19.2. The molecule has 1 aromatic carbocycles. The van der Waals surface area contributed by atoms with Crippen LogP contribution in [0.2, 0.25) is 0 Å². The van der Waals surface area contributed by atoms with Gasteiger partial charge < -0.3 is 15.2 Å². The molecule has 0 aliphatic heterocycles. The lowest BCUT2D eigenvalue weighted by molar-refractivity contribution is -0.0449. The van der Waals surface area contributed by atoms with Gasteiger partial charge in [-0.05, 0) is 61.3 Å². The van der Waals surface area contributed by atoms with Gasteiger partial charge in [0.25, 0.3) is 0 Å². The van der Waals surface area contributed by atoms with Gasteiger partial charge >= 0.3 is 0 Å². The van der Waals surface area contributed by atoms with Crippen LogP contribution in [0.4, 0.5) is 10.1 Å². The number of anilines is 1. The summed E-state index contributed by atoms with van der Waals surface area (Å²) in [6.07, 6.45) is -0.609. The topological polar surface area (TPSA) is 41.5 Å². The molecule has 1 rings (SSSR count). The van der Waals surface area contributed by atoms with Crippen molar-refractivity contribution in [3.05, 3.63) is 28.0 Å². The summed E-state index contributed by atoms with van der Waals surface area (Å²) in [5.74, 6) is -0.292. The van der Waals surface area contributed by atoms with Crippen molar-refractivity contribution in [2.45, 2.75) is 39.4 Å². The second kappa shape index (κ2) is 6.68. The van der Waals surface area contributed by atoms with E-state index in [0.29, 0.717) is 11.0 Å². The highest BCUT2D eigenvalue weighted by Gasteiger charge is 2.14. The van der Waals surface area contributed by atoms with Gasteiger partial charge in [-0.15, -0.1) is 0 Å². The van der Waals surface area contributed by atoms with Crippen LogP contribution in [0, 0.1) is 12.7 Å². The van der Waals surface area contributed by atoms with E-state index in [-0.39, 0.29) is 18.0 Å². The van der Waals surface area contributed by atoms with E-state index in [4.69, 9.17) is 4.74 Å². The Labute approximate surface area is 122 Å². The van der Waals surface area contributed by atoms with E-state index in [1.165, 1.54) is 6.07 Å². The molecule has 1 unspecified atom stereocenters. The summed E-state index contributed by atoms with van der Waals surface area (Å²) in [7, 11) is 0. The molecule has 2 N–H and O–H groups in total. The molecule has 0 aliphatic rings. The zero-order valence-corrected chi connectivity index (χ0v) is 13.3. The zero-order valence-electron chi connectivity index (χ0n) is 11.8. The van der Waals surface area contributed by atoms with Crippen LogP contribution in [0.3, 0.4) is 0 Å². The SMILES string of the molecule is Cc1cc(F)c(Br)cc1NCC(O)COC(C)(C)C. The van der Waals surface area contributed by atoms with Crippen molar-refractivity contribution in [3.63, 3.8) is 0 Å². The lowest BCUT2D eigenvalue weighted by atomic mass is 10.2. The lowest BCUT2D eigenvalue weighted by Crippen LogP contribution is -2.30. The minimum Gasteiger partial charge on any atom is -0.389 e. The maximum atomic E-state index is 13.3. The number of aliphatic hydroxyl groups is 1. The molecular formula is C14H21BrFNO2. The second-order valence-electron chi connectivity index (χ2n) is 5.54. The Hall–Kier alpha value is -0.650. The van der Waals surface area contributed by atoms with Gasteiger partial charge in [0.1, 0.15) is 5.82 Å². The third-order valence-corrected chi connectivity index (χ3v) is 3.11. The van der Waals surface area contributed by atoms with E-state index < -0.39 is 6.10 Å². The Balaban J connectivity index is 2.51. The number of hydrogen-bond acceptors (Lipinski definition) is 3. The van der Waals surface area contributed by atoms with Crippen molar-refractivity contribution in [2.75, 3.05) is 18.5 Å². The number of benzene rings is 1. The van der Waals surface area contributed by atoms with Gasteiger partial charge in [-0.2, -0.15) is 0 Å². The summed E-state index contributed by atoms with van der Waals surface area (Å²) in [5, 5.41) is 12.9. The predicted molar refractivity (Wildman–Crippen MR) is 79.0 cm³/mol. The molecule has 0 radical (unpaired) electrons. The fourth-order valence-corrected chi connectivity index (χ4v) is 1.81. The molecule has 1 aromatic rings. The monoisotopic (exact) mass is 333 g/mol. The quantitative estimate of drug-likeness (QED) is 0.866. The van der Waals surface area contributed by atoms with E-state index >= 15 is 0 Å². The molecule has 0 spiro atoms. The molecule has 108 valence electrons. The Morgan fingerprint density at radius 3 is 2.63 bits per heavy atom. The van der Waals surface area contributed by atoms with Gasteiger partial charge in [0, 0.05) is 12.2 Å². The van der Waals surface area contributed by atoms with Gasteiger partial charge in [-0.3, -0.25) is 0 Å². The second-order valence-corrected chi connectivity index (χ2v) is 6.39. The lowest BCUT2D eigenvalue weighted by Gasteiger charge is -2.22. The highest BCUT2D eigenvalue weighted by molar-refractivity contribution is 9.10. The molecule has 19 heavy (non-hydrogen) atoms. The van der Waals surface area contributed by atoms with E-state index in [0.717, 1.165) is 11.3 Å². The molecule has 5 heteroatoms. The average molecular weight is 334 g/mol. The van der Waals surface area contributed by atoms with Gasteiger partial charge in [0.05, 0.1) is 22.8 Å². The van der Waals surface area contributed by atoms with Gasteiger partial charge in [-0.25, -0.2) is 4.39 Å². The predicted octanol–water partition coefficient (Wildman–Crippen LogP) is 3.48. The first-order valence-corrected chi connectivity index (χ1v) is 7.00. The summed E-state index contributed by atoms with van der Waals surface area (Å²) in [6, 6.07) is 3.12. The molecule has 0 bridgehead atoms. The Morgan fingerprint density at radius 1 is 1.42 bits per heavy atom. The van der Waals surface area contributed by atoms with Crippen molar-refractivity contribution >= 4 is 21.6 Å². The molecule has 1 atom stereocenters. The fourth-order valence-electron chi connectivity index (χ4n) is 1.47. The summed E-state index contributed by atoms with van der Waals surface area (Å²) >= 11 is 3.14. The largest absolute Gasteiger partial charge is 0.389 e. The van der Waals surface area contributed by atoms with Crippen LogP contribution in [-0.2, 0) is 4.74 Å². The minimum atomic E-state index is -0.609. The van der Waals surface area contributed by atoms with Crippen LogP contribution in [-0.4, -0.2) is 30.0 Å². The molecule has 0 amide bonds. The third-order valence-electron chi connectivity index (χ3n) is 2.50. The van der Waals surface area contributed by atoms with Crippen molar-refractivity contribution in [3.8, 4) is 0 Å². The Morgan fingerprint density at radius 2 is 2.05 bits per heavy atom. The van der Waals surface area contributed by atoms with Gasteiger partial charge in [-0.1, -0.05) is 0 Å². The zero-order chi connectivity index (χ0) is 14.6. The van der Waals surface area contributed by atoms with Crippen molar-refractivity contribution in [2.24, 2.45) is 0 Å². The number of halogens is 2. The van der Waals surface area contributed by atoms with E-state index in [1.807, 2.05) is 27.7 Å². The maximum Gasteiger partial charge on any atom is 0.137 e. The fraction of sp³-hybridized carbons (Fsp3) is 0.571. The number of rotatable bonds is 5. The first kappa shape index (κ1) is 16.4. The van der Waals surface area contributed by atoms with Crippen molar-refractivity contribution < 1.29 is 14.2 Å². The Bertz CT molecular complexity index is 432. The highest BCUT2D eigenvalue weighted by atomic mass is 79.9. The minimum absolute atomic E-state index is 0.262. The standard InChI is InChI=1S/C14H21BrFNO2/c1-9-5-12(16)11(15)6-13(9)17-7-10(18)8-19-14(2,3)4/h5-6,10,17-18H,7-8H2,1-4H3. The molecule has 0 aromatic heterocycles. The van der Waals surface area contributed by atoms with E-state index in [9.17, 15) is 9.50 Å². The number of aryl methyl sites for hydroxylation is 1. The summed E-state index contributed by atoms with van der Waals surface area (Å²) in [4.78, 5) is 0. The van der Waals surface area contributed by atoms with E-state index in [1.54, 1.807) is 6.07 Å². The number of ether oxygens (including phenoxy) is 1. The maximum absolute atomic E-state index is 13.3. The molecule has 3 nitrogen and oxygen atoms in total. The molecule has 0 saturated heterocycles. The van der Waals surface area contributed by atoms with Crippen LogP contribution in [0.1, 0.15) is 26.3 Å². The number of hydrogen-bond donors (Lipinski definition) is 2. The third kappa shape index (κ3) is 5.89. The number of nitrogens with one attached hydrogen (secondary N) is 1. The molecular weight excluding hydrogens is 313 g/mol. The Kier molecular flexibility index (Phi) is 5.77. The summed E-state index contributed by atoms with van der Waals surface area (Å²) in [6.45, 7) is 8.25. The normalized spacial score (nSPS) is 13.4. The van der Waals surface area contributed by atoms with Gasteiger partial charge in [0.15, 0.2) is 0 Å². The molecule has 0 saturated carbocycles. The molecule has 0 aliphatic carbocycles. The van der Waals surface area contributed by atoms with Crippen molar-refractivity contribution in [1.82, 2.24) is 0 Å². The van der Waals surface area contributed by atoms with E-state index in [2.05, 4.69) is 21.2 Å². The average Bonchev–Trinajstić information content (AvgIpc) is 2.28.